The fraction of sp³-hybridized carbons (Fsp3) is 0.526. The number of hydrogen-bond donors (Lipinski definition) is 1. The zero-order valence-electron chi connectivity index (χ0n) is 17.0. The summed E-state index contributed by atoms with van der Waals surface area (Å²) >= 11 is 1.20. The lowest BCUT2D eigenvalue weighted by Crippen LogP contribution is -2.48. The molecule has 30 heavy (non-hydrogen) atoms. The van der Waals surface area contributed by atoms with Crippen LogP contribution in [0.1, 0.15) is 24.6 Å². The fourth-order valence-electron chi connectivity index (χ4n) is 3.67. The number of nitrogens with one attached hydrogen (secondary N) is 1. The van der Waals surface area contributed by atoms with Gasteiger partial charge in [-0.15, -0.1) is 11.3 Å². The first-order valence-corrected chi connectivity index (χ1v) is 12.4. The van der Waals surface area contributed by atoms with E-state index in [1.807, 2.05) is 6.07 Å². The van der Waals surface area contributed by atoms with Gasteiger partial charge in [-0.25, -0.2) is 13.4 Å². The summed E-state index contributed by atoms with van der Waals surface area (Å²) < 4.78 is 27.9. The Morgan fingerprint density at radius 1 is 1.07 bits per heavy atom. The molecule has 0 unspecified atom stereocenters. The standard InChI is InChI=1S/C19H26N6O3S2/c1-15(26)21-14-16-4-5-18(29-16)30(27,28)25-12-10-23(11-13-25)17-6-7-20-19(22-17)24-8-2-3-9-24/h4-7H,2-3,8-14H2,1H3,(H,21,26). The minimum Gasteiger partial charge on any atom is -0.354 e. The molecule has 2 aromatic heterocycles. The number of amides is 1. The van der Waals surface area contributed by atoms with Crippen LogP contribution in [0.25, 0.3) is 0 Å². The van der Waals surface area contributed by atoms with E-state index < -0.39 is 10.0 Å². The van der Waals surface area contributed by atoms with Crippen molar-refractivity contribution in [3.8, 4) is 0 Å². The van der Waals surface area contributed by atoms with Gasteiger partial charge in [-0.1, -0.05) is 0 Å². The summed E-state index contributed by atoms with van der Waals surface area (Å²) in [4.78, 5) is 25.3. The van der Waals surface area contributed by atoms with Gasteiger partial charge in [0.1, 0.15) is 10.0 Å². The topological polar surface area (TPSA) is 98.7 Å². The van der Waals surface area contributed by atoms with Gasteiger partial charge in [0, 0.05) is 57.3 Å². The lowest BCUT2D eigenvalue weighted by molar-refractivity contribution is -0.119. The maximum Gasteiger partial charge on any atom is 0.252 e. The summed E-state index contributed by atoms with van der Waals surface area (Å²) in [6.45, 7) is 5.74. The van der Waals surface area contributed by atoms with E-state index in [-0.39, 0.29) is 5.91 Å². The summed E-state index contributed by atoms with van der Waals surface area (Å²) in [6.07, 6.45) is 4.11. The van der Waals surface area contributed by atoms with E-state index in [0.29, 0.717) is 36.9 Å². The van der Waals surface area contributed by atoms with E-state index in [1.165, 1.54) is 35.4 Å². The van der Waals surface area contributed by atoms with Crippen LogP contribution in [0, 0.1) is 0 Å². The largest absolute Gasteiger partial charge is 0.354 e. The Morgan fingerprint density at radius 3 is 2.50 bits per heavy atom. The number of hydrogen-bond acceptors (Lipinski definition) is 8. The van der Waals surface area contributed by atoms with Crippen LogP contribution in [-0.2, 0) is 21.4 Å². The number of aromatic nitrogens is 2. The second kappa shape index (κ2) is 8.86. The molecule has 2 fully saturated rings. The van der Waals surface area contributed by atoms with E-state index in [4.69, 9.17) is 4.98 Å². The zero-order chi connectivity index (χ0) is 21.1. The molecule has 0 saturated carbocycles. The second-order valence-corrected chi connectivity index (χ2v) is 10.8. The number of thiophene rings is 1. The van der Waals surface area contributed by atoms with Crippen molar-refractivity contribution < 1.29 is 13.2 Å². The minimum atomic E-state index is -3.54. The monoisotopic (exact) mass is 450 g/mol. The molecule has 1 amide bonds. The number of carbonyl (C=O) groups is 1. The van der Waals surface area contributed by atoms with Crippen molar-refractivity contribution in [3.05, 3.63) is 29.3 Å². The molecule has 1 N–H and O–H groups in total. The number of rotatable bonds is 6. The quantitative estimate of drug-likeness (QED) is 0.708. The molecule has 0 radical (unpaired) electrons. The van der Waals surface area contributed by atoms with E-state index in [2.05, 4.69) is 20.1 Å². The average Bonchev–Trinajstić information content (AvgIpc) is 3.45. The second-order valence-electron chi connectivity index (χ2n) is 7.43. The molecule has 0 spiro atoms. The zero-order valence-corrected chi connectivity index (χ0v) is 18.6. The van der Waals surface area contributed by atoms with Crippen LogP contribution in [0.15, 0.2) is 28.6 Å². The molecule has 4 heterocycles. The Balaban J connectivity index is 1.39. The maximum atomic E-state index is 13.0. The van der Waals surface area contributed by atoms with Gasteiger partial charge in [-0.2, -0.15) is 9.29 Å². The van der Waals surface area contributed by atoms with Crippen LogP contribution in [0.2, 0.25) is 0 Å². The van der Waals surface area contributed by atoms with Gasteiger partial charge in [-0.05, 0) is 31.0 Å². The summed E-state index contributed by atoms with van der Waals surface area (Å²) in [5.74, 6) is 1.46. The molecule has 11 heteroatoms. The van der Waals surface area contributed by atoms with Gasteiger partial charge in [0.25, 0.3) is 10.0 Å². The van der Waals surface area contributed by atoms with Gasteiger partial charge in [0.2, 0.25) is 11.9 Å². The average molecular weight is 451 g/mol. The Morgan fingerprint density at radius 2 is 1.80 bits per heavy atom. The third-order valence-electron chi connectivity index (χ3n) is 5.32. The Hall–Kier alpha value is -2.24. The smallest absolute Gasteiger partial charge is 0.252 e. The SMILES string of the molecule is CC(=O)NCc1ccc(S(=O)(=O)N2CCN(c3ccnc(N4CCCC4)n3)CC2)s1. The molecule has 9 nitrogen and oxygen atoms in total. The third kappa shape index (κ3) is 4.57. The van der Waals surface area contributed by atoms with Gasteiger partial charge >= 0.3 is 0 Å². The van der Waals surface area contributed by atoms with Crippen LogP contribution < -0.4 is 15.1 Å². The molecule has 0 atom stereocenters. The summed E-state index contributed by atoms with van der Waals surface area (Å²) in [5.41, 5.74) is 0. The first-order valence-electron chi connectivity index (χ1n) is 10.1. The fourth-order valence-corrected chi connectivity index (χ4v) is 6.55. The third-order valence-corrected chi connectivity index (χ3v) is 8.77. The number of carbonyl (C=O) groups excluding carboxylic acids is 1. The van der Waals surface area contributed by atoms with Crippen molar-refractivity contribution in [2.45, 2.75) is 30.5 Å². The van der Waals surface area contributed by atoms with Gasteiger partial charge in [0.05, 0.1) is 6.54 Å². The Kier molecular flexibility index (Phi) is 6.21. The Bertz CT molecular complexity index is 995. The van der Waals surface area contributed by atoms with E-state index in [0.717, 1.165) is 29.7 Å². The molecule has 0 bridgehead atoms. The molecule has 2 aliphatic rings. The molecular weight excluding hydrogens is 424 g/mol. The van der Waals surface area contributed by atoms with E-state index in [1.54, 1.807) is 18.3 Å². The van der Waals surface area contributed by atoms with Gasteiger partial charge in [-0.3, -0.25) is 4.79 Å². The van der Waals surface area contributed by atoms with Crippen LogP contribution in [0.4, 0.5) is 11.8 Å². The van der Waals surface area contributed by atoms with Crippen molar-refractivity contribution >= 4 is 39.0 Å². The molecular formula is C19H26N6O3S2. The van der Waals surface area contributed by atoms with Crippen molar-refractivity contribution in [2.75, 3.05) is 49.1 Å². The molecule has 0 aromatic carbocycles. The maximum absolute atomic E-state index is 13.0. The van der Waals surface area contributed by atoms with Crippen LogP contribution in [0.3, 0.4) is 0 Å². The van der Waals surface area contributed by atoms with E-state index in [9.17, 15) is 13.2 Å². The number of sulfonamides is 1. The normalized spacial score (nSPS) is 18.0. The molecule has 2 aliphatic heterocycles. The molecule has 162 valence electrons. The molecule has 0 aliphatic carbocycles. The Labute approximate surface area is 180 Å². The molecule has 4 rings (SSSR count). The lowest BCUT2D eigenvalue weighted by atomic mass is 10.3. The van der Waals surface area contributed by atoms with E-state index >= 15 is 0 Å². The summed E-state index contributed by atoms with van der Waals surface area (Å²) in [5, 5.41) is 2.70. The highest BCUT2D eigenvalue weighted by Gasteiger charge is 2.30. The summed E-state index contributed by atoms with van der Waals surface area (Å²) in [6, 6.07) is 5.26. The van der Waals surface area contributed by atoms with Crippen molar-refractivity contribution in [1.82, 2.24) is 19.6 Å². The predicted octanol–water partition coefficient (Wildman–Crippen LogP) is 1.29. The van der Waals surface area contributed by atoms with Crippen molar-refractivity contribution in [2.24, 2.45) is 0 Å². The first kappa shape index (κ1) is 21.0. The number of nitrogens with zero attached hydrogens (tertiary/aromatic N) is 5. The number of anilines is 2. The summed E-state index contributed by atoms with van der Waals surface area (Å²) in [7, 11) is -3.54. The predicted molar refractivity (Wildman–Crippen MR) is 116 cm³/mol. The van der Waals surface area contributed by atoms with Crippen molar-refractivity contribution in [1.29, 1.82) is 0 Å². The highest BCUT2D eigenvalue weighted by molar-refractivity contribution is 7.91. The highest BCUT2D eigenvalue weighted by atomic mass is 32.2. The van der Waals surface area contributed by atoms with Crippen LogP contribution in [-0.4, -0.2) is 67.9 Å². The van der Waals surface area contributed by atoms with Gasteiger partial charge in [0.15, 0.2) is 0 Å². The van der Waals surface area contributed by atoms with Gasteiger partial charge < -0.3 is 15.1 Å². The number of piperazine rings is 1. The minimum absolute atomic E-state index is 0.137. The first-order chi connectivity index (χ1) is 14.4. The highest BCUT2D eigenvalue weighted by Crippen LogP contribution is 2.27. The van der Waals surface area contributed by atoms with Crippen LogP contribution in [0.5, 0.6) is 0 Å². The lowest BCUT2D eigenvalue weighted by Gasteiger charge is -2.34. The molecule has 2 saturated heterocycles. The molecule has 2 aromatic rings. The van der Waals surface area contributed by atoms with Crippen LogP contribution >= 0.6 is 11.3 Å². The van der Waals surface area contributed by atoms with Crippen molar-refractivity contribution in [3.63, 3.8) is 0 Å².